The van der Waals surface area contributed by atoms with Crippen LogP contribution in [0.4, 0.5) is 0 Å². The van der Waals surface area contributed by atoms with Crippen LogP contribution in [0.25, 0.3) is 0 Å². The molecule has 0 aliphatic heterocycles. The third kappa shape index (κ3) is 4.00. The molecular weight excluding hydrogens is 212 g/mol. The molecule has 1 aliphatic rings. The molecule has 0 saturated heterocycles. The van der Waals surface area contributed by atoms with Gasteiger partial charge < -0.3 is 9.47 Å². The minimum atomic E-state index is -1.40. The van der Waals surface area contributed by atoms with Crippen molar-refractivity contribution in [3.8, 4) is 0 Å². The van der Waals surface area contributed by atoms with E-state index in [0.717, 1.165) is 12.8 Å². The van der Waals surface area contributed by atoms with Gasteiger partial charge in [0.25, 0.3) is 6.10 Å². The predicted molar refractivity (Wildman–Crippen MR) is 54.5 cm³/mol. The SMILES string of the molecule is CCOC(=O)C(OC(=O)CC1CC1)C(C)=O. The minimum absolute atomic E-state index is 0.156. The van der Waals surface area contributed by atoms with Crippen molar-refractivity contribution in [3.05, 3.63) is 0 Å². The molecule has 0 aromatic rings. The lowest BCUT2D eigenvalue weighted by atomic mass is 10.2. The summed E-state index contributed by atoms with van der Waals surface area (Å²) in [5, 5.41) is 0. The van der Waals surface area contributed by atoms with E-state index in [0.29, 0.717) is 5.92 Å². The highest BCUT2D eigenvalue weighted by Gasteiger charge is 2.31. The first kappa shape index (κ1) is 12.7. The summed E-state index contributed by atoms with van der Waals surface area (Å²) in [5.41, 5.74) is 0. The summed E-state index contributed by atoms with van der Waals surface area (Å²) >= 11 is 0. The van der Waals surface area contributed by atoms with Gasteiger partial charge >= 0.3 is 11.9 Å². The number of esters is 2. The van der Waals surface area contributed by atoms with Crippen molar-refractivity contribution >= 4 is 17.7 Å². The zero-order chi connectivity index (χ0) is 12.1. The van der Waals surface area contributed by atoms with Crippen molar-refractivity contribution in [3.63, 3.8) is 0 Å². The molecule has 0 radical (unpaired) electrons. The summed E-state index contributed by atoms with van der Waals surface area (Å²) < 4.78 is 9.46. The molecule has 1 atom stereocenters. The van der Waals surface area contributed by atoms with Crippen LogP contribution in [0.3, 0.4) is 0 Å². The fourth-order valence-electron chi connectivity index (χ4n) is 1.25. The second-order valence-corrected chi connectivity index (χ2v) is 3.88. The van der Waals surface area contributed by atoms with Crippen molar-refractivity contribution in [2.24, 2.45) is 5.92 Å². The molecular formula is C11H16O5. The van der Waals surface area contributed by atoms with E-state index in [2.05, 4.69) is 4.74 Å². The number of ether oxygens (including phenoxy) is 2. The van der Waals surface area contributed by atoms with E-state index >= 15 is 0 Å². The Morgan fingerprint density at radius 2 is 1.94 bits per heavy atom. The largest absolute Gasteiger partial charge is 0.463 e. The summed E-state index contributed by atoms with van der Waals surface area (Å²) in [4.78, 5) is 33.8. The van der Waals surface area contributed by atoms with Crippen molar-refractivity contribution in [2.45, 2.75) is 39.2 Å². The molecule has 1 aliphatic carbocycles. The zero-order valence-corrected chi connectivity index (χ0v) is 9.52. The van der Waals surface area contributed by atoms with Crippen LogP contribution in [0.2, 0.25) is 0 Å². The Labute approximate surface area is 94.1 Å². The second-order valence-electron chi connectivity index (χ2n) is 3.88. The van der Waals surface area contributed by atoms with Gasteiger partial charge in [0.15, 0.2) is 5.78 Å². The normalized spacial score (nSPS) is 16.4. The first-order valence-electron chi connectivity index (χ1n) is 5.41. The molecule has 0 heterocycles. The van der Waals surface area contributed by atoms with E-state index < -0.39 is 23.8 Å². The van der Waals surface area contributed by atoms with Crippen LogP contribution >= 0.6 is 0 Å². The van der Waals surface area contributed by atoms with Gasteiger partial charge in [0.2, 0.25) is 0 Å². The Morgan fingerprint density at radius 1 is 1.31 bits per heavy atom. The molecule has 0 bridgehead atoms. The van der Waals surface area contributed by atoms with E-state index in [9.17, 15) is 14.4 Å². The Kier molecular flexibility index (Phi) is 4.46. The third-order valence-corrected chi connectivity index (χ3v) is 2.27. The Morgan fingerprint density at radius 3 is 2.38 bits per heavy atom. The first-order chi connectivity index (χ1) is 7.54. The van der Waals surface area contributed by atoms with Crippen LogP contribution in [0.15, 0.2) is 0 Å². The molecule has 5 heteroatoms. The quantitative estimate of drug-likeness (QED) is 0.498. The maximum atomic E-state index is 11.3. The Balaban J connectivity index is 2.45. The highest BCUT2D eigenvalue weighted by molar-refractivity contribution is 6.02. The van der Waals surface area contributed by atoms with Gasteiger partial charge in [0, 0.05) is 6.42 Å². The van der Waals surface area contributed by atoms with Crippen LogP contribution in [0, 0.1) is 5.92 Å². The number of Topliss-reactive ketones (excluding diaryl/α,β-unsaturated/α-hetero) is 1. The molecule has 0 aromatic heterocycles. The number of rotatable bonds is 6. The third-order valence-electron chi connectivity index (χ3n) is 2.27. The summed E-state index contributed by atoms with van der Waals surface area (Å²) in [6.45, 7) is 2.98. The molecule has 1 fully saturated rings. The van der Waals surface area contributed by atoms with Crippen LogP contribution in [-0.4, -0.2) is 30.4 Å². The average Bonchev–Trinajstić information content (AvgIpc) is 2.97. The van der Waals surface area contributed by atoms with E-state index in [1.807, 2.05) is 0 Å². The predicted octanol–water partition coefficient (Wildman–Crippen LogP) is 0.850. The summed E-state index contributed by atoms with van der Waals surface area (Å²) in [6, 6.07) is 0. The van der Waals surface area contributed by atoms with Crippen molar-refractivity contribution < 1.29 is 23.9 Å². The molecule has 0 amide bonds. The van der Waals surface area contributed by atoms with E-state index in [1.165, 1.54) is 6.92 Å². The topological polar surface area (TPSA) is 69.7 Å². The molecule has 1 unspecified atom stereocenters. The molecule has 1 saturated carbocycles. The maximum Gasteiger partial charge on any atom is 0.355 e. The van der Waals surface area contributed by atoms with Gasteiger partial charge in [-0.1, -0.05) is 0 Å². The van der Waals surface area contributed by atoms with Gasteiger partial charge in [-0.25, -0.2) is 4.79 Å². The van der Waals surface area contributed by atoms with Gasteiger partial charge in [-0.2, -0.15) is 0 Å². The number of ketones is 1. The number of hydrogen-bond acceptors (Lipinski definition) is 5. The van der Waals surface area contributed by atoms with Crippen molar-refractivity contribution in [2.75, 3.05) is 6.61 Å². The first-order valence-corrected chi connectivity index (χ1v) is 5.41. The molecule has 0 aromatic carbocycles. The lowest BCUT2D eigenvalue weighted by Gasteiger charge is -2.13. The minimum Gasteiger partial charge on any atom is -0.463 e. The van der Waals surface area contributed by atoms with Gasteiger partial charge in [-0.05, 0) is 32.6 Å². The molecule has 0 N–H and O–H groups in total. The van der Waals surface area contributed by atoms with Gasteiger partial charge in [-0.15, -0.1) is 0 Å². The standard InChI is InChI=1S/C11H16O5/c1-3-15-11(14)10(7(2)12)16-9(13)6-8-4-5-8/h8,10H,3-6H2,1-2H3. The number of carbonyl (C=O) groups is 3. The smallest absolute Gasteiger partial charge is 0.355 e. The highest BCUT2D eigenvalue weighted by atomic mass is 16.6. The summed E-state index contributed by atoms with van der Waals surface area (Å²) in [5.74, 6) is -1.44. The summed E-state index contributed by atoms with van der Waals surface area (Å²) in [7, 11) is 0. The molecule has 90 valence electrons. The van der Waals surface area contributed by atoms with E-state index in [4.69, 9.17) is 4.74 Å². The Bertz CT molecular complexity index is 293. The Hall–Kier alpha value is -1.39. The fourth-order valence-corrected chi connectivity index (χ4v) is 1.25. The molecule has 5 nitrogen and oxygen atoms in total. The second kappa shape index (κ2) is 5.63. The zero-order valence-electron chi connectivity index (χ0n) is 9.52. The van der Waals surface area contributed by atoms with E-state index in [1.54, 1.807) is 6.92 Å². The number of carbonyl (C=O) groups excluding carboxylic acids is 3. The van der Waals surface area contributed by atoms with Gasteiger partial charge in [0.1, 0.15) is 0 Å². The van der Waals surface area contributed by atoms with Gasteiger partial charge in [0.05, 0.1) is 6.61 Å². The fraction of sp³-hybridized carbons (Fsp3) is 0.727. The maximum absolute atomic E-state index is 11.3. The monoisotopic (exact) mass is 228 g/mol. The highest BCUT2D eigenvalue weighted by Crippen LogP contribution is 2.32. The molecule has 0 spiro atoms. The van der Waals surface area contributed by atoms with Crippen molar-refractivity contribution in [1.82, 2.24) is 0 Å². The van der Waals surface area contributed by atoms with Gasteiger partial charge in [-0.3, -0.25) is 9.59 Å². The van der Waals surface area contributed by atoms with E-state index in [-0.39, 0.29) is 13.0 Å². The van der Waals surface area contributed by atoms with Crippen LogP contribution in [0.1, 0.15) is 33.1 Å². The van der Waals surface area contributed by atoms with Crippen molar-refractivity contribution in [1.29, 1.82) is 0 Å². The molecule has 16 heavy (non-hydrogen) atoms. The molecule has 1 rings (SSSR count). The van der Waals surface area contributed by atoms with Crippen LogP contribution in [-0.2, 0) is 23.9 Å². The van der Waals surface area contributed by atoms with Crippen LogP contribution in [0.5, 0.6) is 0 Å². The number of hydrogen-bond donors (Lipinski definition) is 0. The lowest BCUT2D eigenvalue weighted by Crippen LogP contribution is -2.35. The van der Waals surface area contributed by atoms with Crippen LogP contribution < -0.4 is 0 Å². The summed E-state index contributed by atoms with van der Waals surface area (Å²) in [6.07, 6.45) is 0.910. The average molecular weight is 228 g/mol. The lowest BCUT2D eigenvalue weighted by molar-refractivity contribution is -0.170.